The summed E-state index contributed by atoms with van der Waals surface area (Å²) >= 11 is 0. The Kier molecular flexibility index (Phi) is 6.87. The minimum absolute atomic E-state index is 0.0369. The van der Waals surface area contributed by atoms with E-state index in [4.69, 9.17) is 15.6 Å². The number of anilines is 3. The van der Waals surface area contributed by atoms with Crippen LogP contribution < -0.4 is 20.5 Å². The summed E-state index contributed by atoms with van der Waals surface area (Å²) in [4.78, 5) is 16.8. The van der Waals surface area contributed by atoms with Gasteiger partial charge < -0.3 is 15.8 Å². The van der Waals surface area contributed by atoms with Crippen LogP contribution in [0.5, 0.6) is 5.88 Å². The molecule has 0 radical (unpaired) electrons. The number of ether oxygens (including phenoxy) is 1. The number of amides is 1. The molecule has 34 heavy (non-hydrogen) atoms. The zero-order valence-corrected chi connectivity index (χ0v) is 20.9. The molecule has 11 heteroatoms. The number of rotatable bonds is 8. The number of aromatic nitrogens is 3. The van der Waals surface area contributed by atoms with E-state index in [1.54, 1.807) is 48.1 Å². The molecule has 0 aliphatic rings. The Labute approximate surface area is 199 Å². The normalized spacial score (nSPS) is 11.8. The Morgan fingerprint density at radius 1 is 1.21 bits per heavy atom. The molecule has 0 aliphatic heterocycles. The van der Waals surface area contributed by atoms with Gasteiger partial charge in [0, 0.05) is 29.2 Å². The summed E-state index contributed by atoms with van der Waals surface area (Å²) in [6, 6.07) is 8.36. The molecule has 1 aromatic carbocycles. The third kappa shape index (κ3) is 5.30. The van der Waals surface area contributed by atoms with Gasteiger partial charge in [-0.05, 0) is 52.3 Å². The molecule has 0 saturated heterocycles. The lowest BCUT2D eigenvalue weighted by atomic mass is 10.1. The molecule has 0 unspecified atom stereocenters. The lowest BCUT2D eigenvalue weighted by molar-refractivity contribution is 0.100. The van der Waals surface area contributed by atoms with Crippen molar-refractivity contribution < 1.29 is 17.9 Å². The molecular formula is C23H30N6O4S. The van der Waals surface area contributed by atoms with Gasteiger partial charge in [-0.25, -0.2) is 18.1 Å². The second-order valence-corrected chi connectivity index (χ2v) is 10.8. The molecule has 0 bridgehead atoms. The van der Waals surface area contributed by atoms with E-state index in [2.05, 4.69) is 15.0 Å². The van der Waals surface area contributed by atoms with Crippen LogP contribution in [0.1, 0.15) is 43.6 Å². The number of benzene rings is 1. The van der Waals surface area contributed by atoms with E-state index in [9.17, 15) is 13.2 Å². The molecule has 182 valence electrons. The molecule has 3 rings (SSSR count). The summed E-state index contributed by atoms with van der Waals surface area (Å²) in [7, 11) is -1.88. The molecule has 10 nitrogen and oxygen atoms in total. The van der Waals surface area contributed by atoms with Crippen molar-refractivity contribution in [3.8, 4) is 17.1 Å². The van der Waals surface area contributed by atoms with E-state index in [1.165, 1.54) is 7.11 Å². The van der Waals surface area contributed by atoms with E-state index in [0.29, 0.717) is 34.3 Å². The van der Waals surface area contributed by atoms with Gasteiger partial charge in [0.25, 0.3) is 5.91 Å². The number of carbonyl (C=O) groups is 1. The number of sulfonamides is 1. The van der Waals surface area contributed by atoms with Crippen molar-refractivity contribution >= 4 is 33.1 Å². The van der Waals surface area contributed by atoms with E-state index >= 15 is 0 Å². The average Bonchev–Trinajstić information content (AvgIpc) is 3.15. The molecule has 0 spiro atoms. The monoisotopic (exact) mass is 486 g/mol. The number of hydrogen-bond acceptors (Lipinski definition) is 7. The van der Waals surface area contributed by atoms with Gasteiger partial charge in [0.05, 0.1) is 18.4 Å². The highest BCUT2D eigenvalue weighted by Gasteiger charge is 2.29. The van der Waals surface area contributed by atoms with E-state index in [0.717, 1.165) is 5.56 Å². The smallest absolute Gasteiger partial charge is 0.254 e. The van der Waals surface area contributed by atoms with Crippen LogP contribution in [0.25, 0.3) is 11.3 Å². The van der Waals surface area contributed by atoms with Crippen LogP contribution in [-0.4, -0.2) is 42.0 Å². The Balaban J connectivity index is 2.15. The fraction of sp³-hybridized carbons (Fsp3) is 0.348. The summed E-state index contributed by atoms with van der Waals surface area (Å²) in [5.74, 6) is 0.163. The number of nitrogens with one attached hydrogen (secondary N) is 2. The minimum Gasteiger partial charge on any atom is -0.481 e. The number of hydrogen-bond donors (Lipinski definition) is 3. The van der Waals surface area contributed by atoms with Crippen molar-refractivity contribution in [2.24, 2.45) is 5.73 Å². The molecule has 2 aromatic heterocycles. The van der Waals surface area contributed by atoms with Crippen LogP contribution in [-0.2, 0) is 15.6 Å². The van der Waals surface area contributed by atoms with Gasteiger partial charge in [-0.15, -0.1) is 0 Å². The molecule has 3 aromatic rings. The van der Waals surface area contributed by atoms with Crippen LogP contribution in [0.2, 0.25) is 0 Å². The summed E-state index contributed by atoms with van der Waals surface area (Å²) in [5, 5.41) is 8.03. The van der Waals surface area contributed by atoms with Crippen molar-refractivity contribution in [2.75, 3.05) is 22.9 Å². The molecular weight excluding hydrogens is 456 g/mol. The second kappa shape index (κ2) is 9.34. The Bertz CT molecular complexity index is 1310. The summed E-state index contributed by atoms with van der Waals surface area (Å²) < 4.78 is 33.2. The van der Waals surface area contributed by atoms with Gasteiger partial charge in [0.1, 0.15) is 17.1 Å². The molecule has 1 amide bonds. The van der Waals surface area contributed by atoms with Crippen molar-refractivity contribution in [1.29, 1.82) is 0 Å². The third-order valence-electron chi connectivity index (χ3n) is 5.12. The number of aryl methyl sites for hydroxylation is 1. The maximum absolute atomic E-state index is 12.6. The fourth-order valence-corrected chi connectivity index (χ4v) is 3.92. The van der Waals surface area contributed by atoms with Crippen LogP contribution in [0, 0.1) is 6.92 Å². The Morgan fingerprint density at radius 3 is 2.38 bits per heavy atom. The van der Waals surface area contributed by atoms with Gasteiger partial charge in [0.2, 0.25) is 15.9 Å². The lowest BCUT2D eigenvalue weighted by Crippen LogP contribution is -2.25. The SMILES string of the molecule is CCS(=O)(=O)Nc1ccc(-c2nn(C(C)(C)C)c(Nc3cc(OC)ncc3C)c2C(N)=O)cc1. The summed E-state index contributed by atoms with van der Waals surface area (Å²) in [6.45, 7) is 9.32. The Hall–Kier alpha value is -3.60. The number of nitrogens with zero attached hydrogens (tertiary/aromatic N) is 3. The maximum Gasteiger partial charge on any atom is 0.254 e. The predicted octanol–water partition coefficient (Wildman–Crippen LogP) is 3.62. The molecule has 4 N–H and O–H groups in total. The van der Waals surface area contributed by atoms with E-state index < -0.39 is 21.5 Å². The Morgan fingerprint density at radius 2 is 1.85 bits per heavy atom. The van der Waals surface area contributed by atoms with Crippen molar-refractivity contribution in [1.82, 2.24) is 14.8 Å². The summed E-state index contributed by atoms with van der Waals surface area (Å²) in [5.41, 5.74) is 8.49. The maximum atomic E-state index is 12.6. The van der Waals surface area contributed by atoms with E-state index in [1.807, 2.05) is 27.7 Å². The first-order chi connectivity index (χ1) is 15.9. The van der Waals surface area contributed by atoms with Crippen molar-refractivity contribution in [2.45, 2.75) is 40.2 Å². The number of primary amides is 1. The zero-order chi connectivity index (χ0) is 25.3. The highest BCUT2D eigenvalue weighted by molar-refractivity contribution is 7.92. The van der Waals surface area contributed by atoms with Crippen LogP contribution in [0.15, 0.2) is 36.5 Å². The van der Waals surface area contributed by atoms with Crippen LogP contribution >= 0.6 is 0 Å². The number of carbonyl (C=O) groups excluding carboxylic acids is 1. The molecule has 0 aliphatic carbocycles. The van der Waals surface area contributed by atoms with Gasteiger partial charge in [0.15, 0.2) is 0 Å². The zero-order valence-electron chi connectivity index (χ0n) is 20.1. The highest BCUT2D eigenvalue weighted by atomic mass is 32.2. The fourth-order valence-electron chi connectivity index (χ4n) is 3.28. The van der Waals surface area contributed by atoms with E-state index in [-0.39, 0.29) is 11.3 Å². The average molecular weight is 487 g/mol. The number of nitrogens with two attached hydrogens (primary N) is 1. The van der Waals surface area contributed by atoms with Gasteiger partial charge in [-0.2, -0.15) is 5.10 Å². The van der Waals surface area contributed by atoms with Crippen molar-refractivity contribution in [3.05, 3.63) is 47.7 Å². The first-order valence-corrected chi connectivity index (χ1v) is 12.3. The quantitative estimate of drug-likeness (QED) is 0.441. The largest absolute Gasteiger partial charge is 0.481 e. The predicted molar refractivity (Wildman–Crippen MR) is 133 cm³/mol. The van der Waals surface area contributed by atoms with Crippen LogP contribution in [0.4, 0.5) is 17.2 Å². The standard InChI is InChI=1S/C23H30N6O4S/c1-7-34(31,32)28-16-10-8-15(9-11-16)20-19(21(24)30)22(29(27-20)23(3,4)5)26-17-12-18(33-6)25-13-14(17)2/h8-13,28H,7H2,1-6H3,(H2,24,30)(H,25,26). The topological polar surface area (TPSA) is 141 Å². The first-order valence-electron chi connectivity index (χ1n) is 10.7. The first kappa shape index (κ1) is 25.0. The second-order valence-electron chi connectivity index (χ2n) is 8.77. The molecule has 0 fully saturated rings. The molecule has 0 saturated carbocycles. The minimum atomic E-state index is -3.41. The number of pyridine rings is 1. The number of methoxy groups -OCH3 is 1. The summed E-state index contributed by atoms with van der Waals surface area (Å²) in [6.07, 6.45) is 1.67. The molecule has 0 atom stereocenters. The van der Waals surface area contributed by atoms with Gasteiger partial charge in [-0.3, -0.25) is 9.52 Å². The van der Waals surface area contributed by atoms with Gasteiger partial charge in [-0.1, -0.05) is 12.1 Å². The lowest BCUT2D eigenvalue weighted by Gasteiger charge is -2.23. The van der Waals surface area contributed by atoms with Gasteiger partial charge >= 0.3 is 0 Å². The third-order valence-corrected chi connectivity index (χ3v) is 6.43. The highest BCUT2D eigenvalue weighted by Crippen LogP contribution is 2.36. The van der Waals surface area contributed by atoms with Crippen molar-refractivity contribution in [3.63, 3.8) is 0 Å². The molecule has 2 heterocycles. The van der Waals surface area contributed by atoms with Crippen LogP contribution in [0.3, 0.4) is 0 Å².